The molecule has 4 aliphatic carbocycles. The number of fused-ring (bicyclic) bond motifs is 7. The van der Waals surface area contributed by atoms with E-state index < -0.39 is 68.5 Å². The number of ketones is 1. The van der Waals surface area contributed by atoms with E-state index in [2.05, 4.69) is 0 Å². The third kappa shape index (κ3) is 3.35. The lowest BCUT2D eigenvalue weighted by Gasteiger charge is -2.67. The van der Waals surface area contributed by atoms with Crippen molar-refractivity contribution in [2.45, 2.75) is 77.0 Å². The molecule has 6 rings (SSSR count). The van der Waals surface area contributed by atoms with Gasteiger partial charge in [0.05, 0.1) is 6.10 Å². The minimum atomic E-state index is -2.27. The van der Waals surface area contributed by atoms with Crippen molar-refractivity contribution in [1.29, 1.82) is 0 Å². The zero-order chi connectivity index (χ0) is 28.9. The fourth-order valence-corrected chi connectivity index (χ4v) is 10.0. The number of aliphatic hydroxyl groups is 1. The molecule has 0 radical (unpaired) electrons. The Balaban J connectivity index is 1.44. The Kier molecular flexibility index (Phi) is 6.36. The van der Waals surface area contributed by atoms with Crippen molar-refractivity contribution in [3.05, 3.63) is 59.2 Å². The van der Waals surface area contributed by atoms with Gasteiger partial charge in [-0.3, -0.25) is 14.4 Å². The number of rotatable bonds is 4. The van der Waals surface area contributed by atoms with Crippen molar-refractivity contribution < 1.29 is 32.7 Å². The summed E-state index contributed by atoms with van der Waals surface area (Å²) in [6.07, 6.45) is 0.709. The van der Waals surface area contributed by atoms with Crippen LogP contribution in [-0.4, -0.2) is 57.2 Å². The fraction of sp³-hybridized carbons (Fsp3) is 0.613. The minimum Gasteiger partial charge on any atom is -0.390 e. The molecule has 4 fully saturated rings. The third-order valence-electron chi connectivity index (χ3n) is 11.4. The second-order valence-corrected chi connectivity index (χ2v) is 14.0. The molecule has 0 bridgehead atoms. The minimum absolute atomic E-state index is 0.0579. The molecule has 40 heavy (non-hydrogen) atoms. The third-order valence-corrected chi connectivity index (χ3v) is 12.1. The Labute approximate surface area is 237 Å². The second kappa shape index (κ2) is 9.03. The van der Waals surface area contributed by atoms with Crippen molar-refractivity contribution in [3.63, 3.8) is 0 Å². The van der Waals surface area contributed by atoms with Crippen LogP contribution in [-0.2, 0) is 21.0 Å². The first-order valence-corrected chi connectivity index (χ1v) is 14.9. The van der Waals surface area contributed by atoms with Gasteiger partial charge in [-0.25, -0.2) is 13.2 Å². The standard InChI is InChI=1S/C31H36F3NO4S/c1-18-5-7-19(8-6-18)15-35-16-20-13-28(3)24-12-23(33)22-11-21(36)9-10-27(22,2)30(24,34)25(37)14-29(28,4)31(20,39-35)26(38)40-17-32/h5-11,20,23-25,37H,12-17H2,1-4H3/t20-,23-,24-,25-,27-,28-,29-,30-,31-/m0/s1. The Morgan fingerprint density at radius 3 is 2.58 bits per heavy atom. The number of carbonyl (C=O) groups is 2. The summed E-state index contributed by atoms with van der Waals surface area (Å²) >= 11 is 0.542. The van der Waals surface area contributed by atoms with Crippen LogP contribution >= 0.6 is 11.8 Å². The van der Waals surface area contributed by atoms with Gasteiger partial charge in [0, 0.05) is 35.8 Å². The average Bonchev–Trinajstić information content (AvgIpc) is 3.34. The predicted octanol–water partition coefficient (Wildman–Crippen LogP) is 5.60. The molecule has 5 nitrogen and oxygen atoms in total. The van der Waals surface area contributed by atoms with Crippen LogP contribution in [0.3, 0.4) is 0 Å². The van der Waals surface area contributed by atoms with Crippen LogP contribution in [0.15, 0.2) is 48.1 Å². The maximum absolute atomic E-state index is 17.7. The van der Waals surface area contributed by atoms with Gasteiger partial charge in [-0.15, -0.1) is 0 Å². The average molecular weight is 576 g/mol. The highest BCUT2D eigenvalue weighted by molar-refractivity contribution is 8.13. The number of thioether (sulfide) groups is 1. The summed E-state index contributed by atoms with van der Waals surface area (Å²) < 4.78 is 47.3. The van der Waals surface area contributed by atoms with Crippen molar-refractivity contribution in [2.24, 2.45) is 28.1 Å². The van der Waals surface area contributed by atoms with E-state index in [0.717, 1.165) is 11.1 Å². The van der Waals surface area contributed by atoms with Gasteiger partial charge < -0.3 is 5.11 Å². The van der Waals surface area contributed by atoms with E-state index in [-0.39, 0.29) is 18.4 Å². The van der Waals surface area contributed by atoms with Crippen LogP contribution < -0.4 is 0 Å². The smallest absolute Gasteiger partial charge is 0.226 e. The number of allylic oxidation sites excluding steroid dienone is 4. The molecule has 0 unspecified atom stereocenters. The van der Waals surface area contributed by atoms with Crippen LogP contribution in [0.4, 0.5) is 13.2 Å². The highest BCUT2D eigenvalue weighted by Crippen LogP contribution is 2.78. The lowest BCUT2D eigenvalue weighted by molar-refractivity contribution is -0.286. The molecular formula is C31H36F3NO4S. The number of hydroxylamine groups is 2. The molecule has 5 aliphatic rings. The van der Waals surface area contributed by atoms with E-state index >= 15 is 8.78 Å². The van der Waals surface area contributed by atoms with Gasteiger partial charge in [-0.2, -0.15) is 5.06 Å². The van der Waals surface area contributed by atoms with Gasteiger partial charge in [0.15, 0.2) is 17.1 Å². The van der Waals surface area contributed by atoms with Gasteiger partial charge in [-0.05, 0) is 61.8 Å². The van der Waals surface area contributed by atoms with Crippen LogP contribution in [0.2, 0.25) is 0 Å². The molecule has 0 spiro atoms. The zero-order valence-corrected chi connectivity index (χ0v) is 24.1. The summed E-state index contributed by atoms with van der Waals surface area (Å²) in [6.45, 7) is 8.07. The Hall–Kier alpha value is -1.94. The summed E-state index contributed by atoms with van der Waals surface area (Å²) in [5.74, 6) is -1.77. The monoisotopic (exact) mass is 575 g/mol. The molecule has 1 saturated heterocycles. The normalized spacial score (nSPS) is 45.9. The molecule has 9 heteroatoms. The lowest BCUT2D eigenvalue weighted by Crippen LogP contribution is -2.73. The lowest BCUT2D eigenvalue weighted by atomic mass is 9.40. The van der Waals surface area contributed by atoms with E-state index in [1.165, 1.54) is 18.2 Å². The number of carbonyl (C=O) groups excluding carboxylic acids is 2. The summed E-state index contributed by atoms with van der Waals surface area (Å²) in [5, 5.41) is 13.0. The summed E-state index contributed by atoms with van der Waals surface area (Å²) in [6, 6.07) is 7.04. The first kappa shape index (κ1) is 28.2. The van der Waals surface area contributed by atoms with Crippen molar-refractivity contribution in [2.75, 3.05) is 12.6 Å². The number of hydrogen-bond acceptors (Lipinski definition) is 6. The Morgan fingerprint density at radius 1 is 1.20 bits per heavy atom. The van der Waals surface area contributed by atoms with Crippen LogP contribution in [0, 0.1) is 35.0 Å². The zero-order valence-electron chi connectivity index (χ0n) is 23.3. The summed E-state index contributed by atoms with van der Waals surface area (Å²) in [5.41, 5.74) is -5.21. The number of alkyl halides is 3. The fourth-order valence-electron chi connectivity index (χ4n) is 9.27. The van der Waals surface area contributed by atoms with Gasteiger partial charge in [-0.1, -0.05) is 61.5 Å². The first-order chi connectivity index (χ1) is 18.8. The number of aryl methyl sites for hydroxylation is 1. The largest absolute Gasteiger partial charge is 0.390 e. The number of hydrogen-bond donors (Lipinski definition) is 1. The molecule has 0 amide bonds. The molecule has 216 valence electrons. The van der Waals surface area contributed by atoms with Crippen LogP contribution in [0.25, 0.3) is 0 Å². The van der Waals surface area contributed by atoms with Gasteiger partial charge in [0.25, 0.3) is 0 Å². The molecule has 3 saturated carbocycles. The second-order valence-electron chi connectivity index (χ2n) is 13.1. The maximum Gasteiger partial charge on any atom is 0.226 e. The molecule has 1 heterocycles. The van der Waals surface area contributed by atoms with Gasteiger partial charge in [0.2, 0.25) is 5.12 Å². The number of benzene rings is 1. The molecule has 1 aliphatic heterocycles. The maximum atomic E-state index is 17.7. The molecule has 1 N–H and O–H groups in total. The molecule has 1 aromatic carbocycles. The van der Waals surface area contributed by atoms with Gasteiger partial charge >= 0.3 is 0 Å². The SMILES string of the molecule is Cc1ccc(CN2C[C@@H]3C[C@@]4(C)[C@@H]5C[C@H](F)C6=CC(=O)C=C[C@]6(C)[C@@]5(F)[C@@H](O)C[C@]4(C)[C@]3(C(=O)SCF)O2)cc1. The highest BCUT2D eigenvalue weighted by Gasteiger charge is 2.83. The molecule has 0 aromatic heterocycles. The predicted molar refractivity (Wildman–Crippen MR) is 146 cm³/mol. The molecule has 1 aromatic rings. The Bertz CT molecular complexity index is 1320. The molecular weight excluding hydrogens is 539 g/mol. The Morgan fingerprint density at radius 2 is 1.90 bits per heavy atom. The summed E-state index contributed by atoms with van der Waals surface area (Å²) in [7, 11) is 0. The number of aliphatic hydroxyl groups excluding tert-OH is 1. The molecule has 9 atom stereocenters. The first-order valence-electron chi connectivity index (χ1n) is 14.0. The van der Waals surface area contributed by atoms with E-state index in [9.17, 15) is 19.1 Å². The topological polar surface area (TPSA) is 66.8 Å². The van der Waals surface area contributed by atoms with E-state index in [4.69, 9.17) is 4.84 Å². The van der Waals surface area contributed by atoms with Gasteiger partial charge in [0.1, 0.15) is 12.2 Å². The van der Waals surface area contributed by atoms with Crippen LogP contribution in [0.5, 0.6) is 0 Å². The van der Waals surface area contributed by atoms with E-state index in [0.29, 0.717) is 31.3 Å². The van der Waals surface area contributed by atoms with E-state index in [1.54, 1.807) is 12.0 Å². The van der Waals surface area contributed by atoms with Crippen molar-refractivity contribution in [1.82, 2.24) is 5.06 Å². The number of nitrogens with zero attached hydrogens (tertiary/aromatic N) is 1. The highest BCUT2D eigenvalue weighted by atomic mass is 32.2. The summed E-state index contributed by atoms with van der Waals surface area (Å²) in [4.78, 5) is 32.6. The van der Waals surface area contributed by atoms with Crippen molar-refractivity contribution in [3.8, 4) is 0 Å². The van der Waals surface area contributed by atoms with Crippen molar-refractivity contribution >= 4 is 22.7 Å². The van der Waals surface area contributed by atoms with Crippen LogP contribution in [0.1, 0.15) is 51.2 Å². The van der Waals surface area contributed by atoms with E-state index in [1.807, 2.05) is 45.0 Å². The quantitative estimate of drug-likeness (QED) is 0.504. The number of halogens is 3.